The lowest BCUT2D eigenvalue weighted by atomic mass is 9.80. The summed E-state index contributed by atoms with van der Waals surface area (Å²) in [6.07, 6.45) is 11.2. The zero-order valence-electron chi connectivity index (χ0n) is 12.8. The average molecular weight is 400 g/mol. The minimum absolute atomic E-state index is 0.0834. The maximum absolute atomic E-state index is 12.3. The van der Waals surface area contributed by atoms with Crippen LogP contribution in [0.1, 0.15) is 88.1 Å². The van der Waals surface area contributed by atoms with Gasteiger partial charge in [0.05, 0.1) is 9.26 Å². The fourth-order valence-corrected chi connectivity index (χ4v) is 4.70. The highest BCUT2D eigenvalue weighted by Gasteiger charge is 2.27. The van der Waals surface area contributed by atoms with Crippen molar-refractivity contribution in [1.29, 1.82) is 0 Å². The highest BCUT2D eigenvalue weighted by molar-refractivity contribution is 14.1. The van der Waals surface area contributed by atoms with Crippen molar-refractivity contribution in [3.05, 3.63) is 25.4 Å². The predicted molar refractivity (Wildman–Crippen MR) is 93.8 cm³/mol. The summed E-state index contributed by atoms with van der Waals surface area (Å²) in [5, 5.41) is 0. The first kappa shape index (κ1) is 15.5. The van der Waals surface area contributed by atoms with Crippen molar-refractivity contribution in [3.8, 4) is 0 Å². The minimum atomic E-state index is 0.0834. The molecule has 3 nitrogen and oxygen atoms in total. The van der Waals surface area contributed by atoms with Gasteiger partial charge in [0.15, 0.2) is 0 Å². The van der Waals surface area contributed by atoms with E-state index < -0.39 is 0 Å². The Morgan fingerprint density at radius 2 is 1.76 bits per heavy atom. The van der Waals surface area contributed by atoms with Gasteiger partial charge in [-0.2, -0.15) is 0 Å². The van der Waals surface area contributed by atoms with Crippen molar-refractivity contribution in [1.82, 2.24) is 9.97 Å². The van der Waals surface area contributed by atoms with E-state index in [9.17, 15) is 4.79 Å². The van der Waals surface area contributed by atoms with Crippen molar-refractivity contribution >= 4 is 22.6 Å². The molecule has 1 heterocycles. The molecule has 1 aromatic heterocycles. The molecule has 2 aliphatic carbocycles. The minimum Gasteiger partial charge on any atom is -0.309 e. The van der Waals surface area contributed by atoms with Crippen molar-refractivity contribution < 1.29 is 0 Å². The predicted octanol–water partition coefficient (Wildman–Crippen LogP) is 4.72. The van der Waals surface area contributed by atoms with Gasteiger partial charge in [-0.25, -0.2) is 4.98 Å². The molecule has 0 radical (unpaired) electrons. The summed E-state index contributed by atoms with van der Waals surface area (Å²) in [4.78, 5) is 20.3. The van der Waals surface area contributed by atoms with Crippen LogP contribution in [0.15, 0.2) is 4.79 Å². The second-order valence-electron chi connectivity index (χ2n) is 6.76. The summed E-state index contributed by atoms with van der Waals surface area (Å²) in [6, 6.07) is 0. The molecule has 1 N–H and O–H groups in total. The van der Waals surface area contributed by atoms with E-state index in [2.05, 4.69) is 34.5 Å². The molecular formula is C17H25IN2O. The molecule has 0 atom stereocenters. The van der Waals surface area contributed by atoms with Crippen LogP contribution in [0.4, 0.5) is 0 Å². The number of nitrogens with zero attached hydrogens (tertiary/aromatic N) is 1. The van der Waals surface area contributed by atoms with Crippen LogP contribution in [-0.2, 0) is 0 Å². The smallest absolute Gasteiger partial charge is 0.264 e. The second-order valence-corrected chi connectivity index (χ2v) is 7.84. The van der Waals surface area contributed by atoms with Crippen LogP contribution in [0.5, 0.6) is 0 Å². The third-order valence-electron chi connectivity index (χ3n) is 5.46. The van der Waals surface area contributed by atoms with Crippen LogP contribution in [0.25, 0.3) is 0 Å². The van der Waals surface area contributed by atoms with Crippen LogP contribution in [-0.4, -0.2) is 9.97 Å². The molecule has 0 aromatic carbocycles. The summed E-state index contributed by atoms with van der Waals surface area (Å²) >= 11 is 2.19. The number of hydrogen-bond donors (Lipinski definition) is 1. The number of halogens is 1. The van der Waals surface area contributed by atoms with Gasteiger partial charge in [0, 0.05) is 11.8 Å². The molecule has 21 heavy (non-hydrogen) atoms. The Balaban J connectivity index is 1.84. The van der Waals surface area contributed by atoms with Crippen LogP contribution in [0.3, 0.4) is 0 Å². The maximum Gasteiger partial charge on any atom is 0.264 e. The van der Waals surface area contributed by atoms with Crippen molar-refractivity contribution in [2.75, 3.05) is 0 Å². The number of aromatic nitrogens is 2. The van der Waals surface area contributed by atoms with Gasteiger partial charge in [-0.05, 0) is 67.0 Å². The lowest BCUT2D eigenvalue weighted by Gasteiger charge is -2.27. The normalized spacial score (nSPS) is 27.1. The van der Waals surface area contributed by atoms with Gasteiger partial charge in [0.2, 0.25) is 0 Å². The number of aromatic amines is 1. The van der Waals surface area contributed by atoms with E-state index in [4.69, 9.17) is 4.98 Å². The first-order chi connectivity index (χ1) is 10.2. The SMILES string of the molecule is CCC1CCC(c2nc(C3CCCC3)c(I)c(=O)[nH]2)CC1. The highest BCUT2D eigenvalue weighted by atomic mass is 127. The van der Waals surface area contributed by atoms with Crippen LogP contribution in [0.2, 0.25) is 0 Å². The Kier molecular flexibility index (Phi) is 5.02. The fraction of sp³-hybridized carbons (Fsp3) is 0.765. The summed E-state index contributed by atoms with van der Waals surface area (Å²) in [6.45, 7) is 2.29. The Bertz CT molecular complexity index is 540. The number of H-pyrrole nitrogens is 1. The number of rotatable bonds is 3. The molecule has 3 rings (SSSR count). The number of nitrogens with one attached hydrogen (secondary N) is 1. The van der Waals surface area contributed by atoms with E-state index in [0.29, 0.717) is 11.8 Å². The van der Waals surface area contributed by atoms with Gasteiger partial charge in [-0.15, -0.1) is 0 Å². The molecule has 0 bridgehead atoms. The molecule has 0 unspecified atom stereocenters. The van der Waals surface area contributed by atoms with E-state index >= 15 is 0 Å². The summed E-state index contributed by atoms with van der Waals surface area (Å²) in [5.74, 6) is 2.84. The molecule has 116 valence electrons. The zero-order valence-corrected chi connectivity index (χ0v) is 15.0. The van der Waals surface area contributed by atoms with Crippen molar-refractivity contribution in [2.24, 2.45) is 5.92 Å². The summed E-state index contributed by atoms with van der Waals surface area (Å²) in [7, 11) is 0. The molecule has 2 fully saturated rings. The van der Waals surface area contributed by atoms with Crippen LogP contribution < -0.4 is 5.56 Å². The van der Waals surface area contributed by atoms with Gasteiger partial charge >= 0.3 is 0 Å². The Morgan fingerprint density at radius 3 is 2.38 bits per heavy atom. The monoisotopic (exact) mass is 400 g/mol. The Morgan fingerprint density at radius 1 is 1.10 bits per heavy atom. The van der Waals surface area contributed by atoms with Gasteiger partial charge in [-0.3, -0.25) is 4.79 Å². The van der Waals surface area contributed by atoms with Crippen molar-refractivity contribution in [2.45, 2.75) is 76.5 Å². The van der Waals surface area contributed by atoms with Gasteiger partial charge in [0.1, 0.15) is 5.82 Å². The van der Waals surface area contributed by atoms with Crippen LogP contribution >= 0.6 is 22.6 Å². The average Bonchev–Trinajstić information content (AvgIpc) is 3.04. The quantitative estimate of drug-likeness (QED) is 0.747. The molecule has 0 amide bonds. The third-order valence-corrected chi connectivity index (χ3v) is 6.50. The summed E-state index contributed by atoms with van der Waals surface area (Å²) < 4.78 is 0.825. The van der Waals surface area contributed by atoms with E-state index in [1.165, 1.54) is 57.8 Å². The molecule has 0 saturated heterocycles. The molecule has 1 aromatic rings. The first-order valence-corrected chi connectivity index (χ1v) is 9.56. The maximum atomic E-state index is 12.3. The van der Waals surface area contributed by atoms with Gasteiger partial charge in [0.25, 0.3) is 5.56 Å². The van der Waals surface area contributed by atoms with Gasteiger partial charge < -0.3 is 4.98 Å². The van der Waals surface area contributed by atoms with E-state index in [1.54, 1.807) is 0 Å². The standard InChI is InChI=1S/C17H25IN2O/c1-2-11-7-9-13(10-8-11)16-19-15(12-5-3-4-6-12)14(18)17(21)20-16/h11-13H,2-10H2,1H3,(H,19,20,21). The molecule has 2 saturated carbocycles. The van der Waals surface area contributed by atoms with Crippen LogP contribution in [0, 0.1) is 9.49 Å². The lowest BCUT2D eigenvalue weighted by Crippen LogP contribution is -2.23. The molecule has 2 aliphatic rings. The fourth-order valence-electron chi connectivity index (χ4n) is 4.00. The van der Waals surface area contributed by atoms with E-state index in [1.807, 2.05) is 0 Å². The first-order valence-electron chi connectivity index (χ1n) is 8.48. The summed E-state index contributed by atoms with van der Waals surface area (Å²) in [5.41, 5.74) is 1.17. The molecule has 4 heteroatoms. The largest absolute Gasteiger partial charge is 0.309 e. The number of hydrogen-bond acceptors (Lipinski definition) is 2. The zero-order chi connectivity index (χ0) is 14.8. The van der Waals surface area contributed by atoms with E-state index in [-0.39, 0.29) is 5.56 Å². The topological polar surface area (TPSA) is 45.8 Å². The molecule has 0 spiro atoms. The Labute approximate surface area is 140 Å². The van der Waals surface area contributed by atoms with Crippen molar-refractivity contribution in [3.63, 3.8) is 0 Å². The Hall–Kier alpha value is -0.390. The van der Waals surface area contributed by atoms with E-state index in [0.717, 1.165) is 21.0 Å². The lowest BCUT2D eigenvalue weighted by molar-refractivity contribution is 0.311. The molecular weight excluding hydrogens is 375 g/mol. The molecule has 0 aliphatic heterocycles. The van der Waals surface area contributed by atoms with Gasteiger partial charge in [-0.1, -0.05) is 26.2 Å². The third kappa shape index (κ3) is 3.35. The second kappa shape index (κ2) is 6.80. The highest BCUT2D eigenvalue weighted by Crippen LogP contribution is 2.38.